The number of hydrogen-bond donors (Lipinski definition) is 1. The van der Waals surface area contributed by atoms with Crippen molar-refractivity contribution in [1.29, 1.82) is 0 Å². The van der Waals surface area contributed by atoms with Gasteiger partial charge >= 0.3 is 5.97 Å². The van der Waals surface area contributed by atoms with Crippen LogP contribution in [0.5, 0.6) is 0 Å². The minimum absolute atomic E-state index is 0.354. The van der Waals surface area contributed by atoms with Crippen molar-refractivity contribution < 1.29 is 14.3 Å². The Hall–Kier alpha value is -3.74. The summed E-state index contributed by atoms with van der Waals surface area (Å²) in [7, 11) is 1.30. The largest absolute Gasteiger partial charge is 0.465 e. The van der Waals surface area contributed by atoms with Crippen molar-refractivity contribution in [1.82, 2.24) is 9.78 Å². The summed E-state index contributed by atoms with van der Waals surface area (Å²) >= 11 is 0. The number of methoxy groups -OCH3 is 1. The molecule has 0 aliphatic rings. The van der Waals surface area contributed by atoms with E-state index in [0.29, 0.717) is 23.4 Å². The van der Waals surface area contributed by atoms with Gasteiger partial charge in [-0.25, -0.2) is 9.48 Å². The predicted octanol–water partition coefficient (Wildman–Crippen LogP) is 3.29. The molecule has 0 aliphatic carbocycles. The van der Waals surface area contributed by atoms with Crippen LogP contribution in [0.4, 0.5) is 5.69 Å². The molecule has 1 N–H and O–H groups in total. The van der Waals surface area contributed by atoms with Crippen molar-refractivity contribution in [3.8, 4) is 11.3 Å². The first-order valence-corrected chi connectivity index (χ1v) is 9.18. The summed E-state index contributed by atoms with van der Waals surface area (Å²) in [5.74, 6) is -0.819. The summed E-state index contributed by atoms with van der Waals surface area (Å²) in [5.41, 5.74) is 2.00. The summed E-state index contributed by atoms with van der Waals surface area (Å²) in [6.07, 6.45) is 0.386. The molecule has 3 aromatic rings. The number of esters is 1. The molecule has 0 bridgehead atoms. The first-order valence-electron chi connectivity index (χ1n) is 9.18. The van der Waals surface area contributed by atoms with E-state index in [0.717, 1.165) is 5.56 Å². The van der Waals surface area contributed by atoms with Gasteiger partial charge in [-0.05, 0) is 36.8 Å². The third kappa shape index (κ3) is 4.57. The number of ether oxygens (including phenoxy) is 1. The topological polar surface area (TPSA) is 90.3 Å². The molecule has 0 saturated carbocycles. The molecule has 0 spiro atoms. The monoisotopic (exact) mass is 391 g/mol. The molecule has 1 atom stereocenters. The fraction of sp³-hybridized carbons (Fsp3) is 0.182. The highest BCUT2D eigenvalue weighted by atomic mass is 16.5. The Kier molecular flexibility index (Phi) is 6.19. The highest BCUT2D eigenvalue weighted by Gasteiger charge is 2.21. The van der Waals surface area contributed by atoms with E-state index >= 15 is 0 Å². The van der Waals surface area contributed by atoms with Crippen LogP contribution in [0.15, 0.2) is 71.5 Å². The summed E-state index contributed by atoms with van der Waals surface area (Å²) in [6.45, 7) is 1.81. The number of carbonyl (C=O) groups excluding carboxylic acids is 2. The first kappa shape index (κ1) is 20.0. The lowest BCUT2D eigenvalue weighted by atomic mass is 10.1. The quantitative estimate of drug-likeness (QED) is 0.651. The van der Waals surface area contributed by atoms with Gasteiger partial charge < -0.3 is 10.1 Å². The number of carbonyl (C=O) groups is 2. The molecule has 7 nitrogen and oxygen atoms in total. The van der Waals surface area contributed by atoms with Gasteiger partial charge in [-0.2, -0.15) is 5.10 Å². The maximum Gasteiger partial charge on any atom is 0.337 e. The van der Waals surface area contributed by atoms with Crippen molar-refractivity contribution in [3.05, 3.63) is 82.6 Å². The first-order chi connectivity index (χ1) is 14.0. The number of aromatic nitrogens is 2. The van der Waals surface area contributed by atoms with E-state index < -0.39 is 12.0 Å². The molecule has 0 saturated heterocycles. The molecule has 1 amide bonds. The SMILES string of the molecule is CC[C@@H](C(=O)Nc1ccc(C(=O)OC)cc1)n1nc(-c2ccccc2)ccc1=O. The summed E-state index contributed by atoms with van der Waals surface area (Å²) < 4.78 is 5.87. The second-order valence-corrected chi connectivity index (χ2v) is 6.35. The molecule has 7 heteroatoms. The molecule has 0 unspecified atom stereocenters. The molecular weight excluding hydrogens is 370 g/mol. The number of benzene rings is 2. The fourth-order valence-electron chi connectivity index (χ4n) is 2.91. The van der Waals surface area contributed by atoms with Crippen LogP contribution in [0.25, 0.3) is 11.3 Å². The predicted molar refractivity (Wildman–Crippen MR) is 110 cm³/mol. The average molecular weight is 391 g/mol. The minimum Gasteiger partial charge on any atom is -0.465 e. The lowest BCUT2D eigenvalue weighted by Gasteiger charge is -2.17. The van der Waals surface area contributed by atoms with Crippen molar-refractivity contribution in [3.63, 3.8) is 0 Å². The Morgan fingerprint density at radius 1 is 1.03 bits per heavy atom. The number of nitrogens with one attached hydrogen (secondary N) is 1. The maximum absolute atomic E-state index is 12.8. The Morgan fingerprint density at radius 3 is 2.34 bits per heavy atom. The van der Waals surface area contributed by atoms with E-state index in [1.165, 1.54) is 17.9 Å². The van der Waals surface area contributed by atoms with Crippen molar-refractivity contribution >= 4 is 17.6 Å². The maximum atomic E-state index is 12.8. The van der Waals surface area contributed by atoms with Crippen LogP contribution in [0.3, 0.4) is 0 Å². The molecule has 148 valence electrons. The highest BCUT2D eigenvalue weighted by molar-refractivity contribution is 5.95. The van der Waals surface area contributed by atoms with Gasteiger partial charge in [0.2, 0.25) is 5.91 Å². The number of rotatable bonds is 6. The molecule has 1 heterocycles. The zero-order valence-corrected chi connectivity index (χ0v) is 16.2. The van der Waals surface area contributed by atoms with E-state index in [4.69, 9.17) is 0 Å². The highest BCUT2D eigenvalue weighted by Crippen LogP contribution is 2.18. The van der Waals surface area contributed by atoms with Gasteiger partial charge in [-0.1, -0.05) is 37.3 Å². The third-order valence-corrected chi connectivity index (χ3v) is 4.45. The second kappa shape index (κ2) is 8.97. The van der Waals surface area contributed by atoms with Gasteiger partial charge in [0, 0.05) is 17.3 Å². The van der Waals surface area contributed by atoms with E-state index in [9.17, 15) is 14.4 Å². The number of nitrogens with zero attached hydrogens (tertiary/aromatic N) is 2. The van der Waals surface area contributed by atoms with Gasteiger partial charge in [0.1, 0.15) is 6.04 Å². The summed E-state index contributed by atoms with van der Waals surface area (Å²) in [5, 5.41) is 7.18. The summed E-state index contributed by atoms with van der Waals surface area (Å²) in [4.78, 5) is 36.7. The van der Waals surface area contributed by atoms with Crippen LogP contribution >= 0.6 is 0 Å². The van der Waals surface area contributed by atoms with Gasteiger partial charge in [-0.3, -0.25) is 9.59 Å². The van der Waals surface area contributed by atoms with Crippen LogP contribution < -0.4 is 10.9 Å². The van der Waals surface area contributed by atoms with E-state index in [1.807, 2.05) is 37.3 Å². The number of amides is 1. The normalized spacial score (nSPS) is 11.5. The van der Waals surface area contributed by atoms with Crippen molar-refractivity contribution in [2.75, 3.05) is 12.4 Å². The van der Waals surface area contributed by atoms with Crippen molar-refractivity contribution in [2.24, 2.45) is 0 Å². The molecule has 2 aromatic carbocycles. The Morgan fingerprint density at radius 2 is 1.72 bits per heavy atom. The lowest BCUT2D eigenvalue weighted by molar-refractivity contribution is -0.119. The smallest absolute Gasteiger partial charge is 0.337 e. The average Bonchev–Trinajstić information content (AvgIpc) is 2.76. The Bertz CT molecular complexity index is 1060. The molecule has 3 rings (SSSR count). The molecular formula is C22H21N3O4. The van der Waals surface area contributed by atoms with Gasteiger partial charge in [0.15, 0.2) is 0 Å². The van der Waals surface area contributed by atoms with Gasteiger partial charge in [0.05, 0.1) is 18.4 Å². The van der Waals surface area contributed by atoms with E-state index in [-0.39, 0.29) is 11.5 Å². The Labute approximate surface area is 168 Å². The summed E-state index contributed by atoms with van der Waals surface area (Å²) in [6, 6.07) is 18.1. The second-order valence-electron chi connectivity index (χ2n) is 6.35. The van der Waals surface area contributed by atoms with Gasteiger partial charge in [-0.15, -0.1) is 0 Å². The molecule has 1 aromatic heterocycles. The molecule has 0 fully saturated rings. The van der Waals surface area contributed by atoms with Crippen LogP contribution in [-0.4, -0.2) is 28.8 Å². The standard InChI is InChI=1S/C22H21N3O4/c1-3-19(21(27)23-17-11-9-16(10-12-17)22(28)29-2)25-20(26)14-13-18(24-25)15-7-5-4-6-8-15/h4-14,19H,3H2,1-2H3,(H,23,27)/t19-/m0/s1. The van der Waals surface area contributed by atoms with Gasteiger partial charge in [0.25, 0.3) is 5.56 Å². The van der Waals surface area contributed by atoms with Crippen molar-refractivity contribution in [2.45, 2.75) is 19.4 Å². The van der Waals surface area contributed by atoms with Crippen LogP contribution in [0.1, 0.15) is 29.7 Å². The minimum atomic E-state index is -0.772. The molecule has 29 heavy (non-hydrogen) atoms. The zero-order chi connectivity index (χ0) is 20.8. The number of anilines is 1. The van der Waals surface area contributed by atoms with Crippen LogP contribution in [0, 0.1) is 0 Å². The molecule has 0 aliphatic heterocycles. The van der Waals surface area contributed by atoms with Crippen LogP contribution in [0.2, 0.25) is 0 Å². The lowest BCUT2D eigenvalue weighted by Crippen LogP contribution is -2.34. The van der Waals surface area contributed by atoms with E-state index in [2.05, 4.69) is 15.2 Å². The van der Waals surface area contributed by atoms with E-state index in [1.54, 1.807) is 30.3 Å². The van der Waals surface area contributed by atoms with Crippen LogP contribution in [-0.2, 0) is 9.53 Å². The fourth-order valence-corrected chi connectivity index (χ4v) is 2.91. The number of hydrogen-bond acceptors (Lipinski definition) is 5. The Balaban J connectivity index is 1.84. The zero-order valence-electron chi connectivity index (χ0n) is 16.2. The molecule has 0 radical (unpaired) electrons. The third-order valence-electron chi connectivity index (χ3n) is 4.45.